The van der Waals surface area contributed by atoms with E-state index in [1.165, 1.54) is 11.1 Å². The second-order valence-corrected chi connectivity index (χ2v) is 12.6. The van der Waals surface area contributed by atoms with Crippen LogP contribution in [-0.2, 0) is 0 Å². The highest BCUT2D eigenvalue weighted by atomic mass is 16.3. The Morgan fingerprint density at radius 3 is 1.64 bits per heavy atom. The third-order valence-electron chi connectivity index (χ3n) is 9.62. The number of benzene rings is 7. The summed E-state index contributed by atoms with van der Waals surface area (Å²) in [4.78, 5) is 10.3. The van der Waals surface area contributed by atoms with Crippen molar-refractivity contribution in [3.8, 4) is 50.7 Å². The zero-order valence-electron chi connectivity index (χ0n) is 27.0. The summed E-state index contributed by atoms with van der Waals surface area (Å²) in [6.45, 7) is 0. The maximum Gasteiger partial charge on any atom is 0.164 e. The number of hydrogen-bond donors (Lipinski definition) is 0. The minimum absolute atomic E-state index is 0.629. The van der Waals surface area contributed by atoms with Crippen LogP contribution in [0.5, 0.6) is 0 Å². The molecule has 0 saturated carbocycles. The Bertz CT molecular complexity index is 2780. The average molecular weight is 640 g/mol. The highest BCUT2D eigenvalue weighted by molar-refractivity contribution is 6.25. The molecule has 0 spiro atoms. The van der Waals surface area contributed by atoms with Crippen molar-refractivity contribution in [2.75, 3.05) is 0 Å². The Balaban J connectivity index is 1.26. The van der Waals surface area contributed by atoms with E-state index in [2.05, 4.69) is 144 Å². The Morgan fingerprint density at radius 2 is 0.980 bits per heavy atom. The third-order valence-corrected chi connectivity index (χ3v) is 9.62. The van der Waals surface area contributed by atoms with E-state index in [9.17, 15) is 0 Å². The van der Waals surface area contributed by atoms with E-state index >= 15 is 0 Å². The number of rotatable bonds is 5. The normalized spacial score (nSPS) is 11.6. The molecule has 0 N–H and O–H groups in total. The van der Waals surface area contributed by atoms with Gasteiger partial charge in [0.15, 0.2) is 5.82 Å². The van der Waals surface area contributed by atoms with Crippen molar-refractivity contribution in [3.63, 3.8) is 0 Å². The molecule has 3 aromatic heterocycles. The van der Waals surface area contributed by atoms with Gasteiger partial charge in [-0.3, -0.25) is 0 Å². The van der Waals surface area contributed by atoms with Gasteiger partial charge < -0.3 is 8.98 Å². The second-order valence-electron chi connectivity index (χ2n) is 12.6. The Hall–Kier alpha value is -6.78. The van der Waals surface area contributed by atoms with Crippen molar-refractivity contribution in [1.82, 2.24) is 14.5 Å². The van der Waals surface area contributed by atoms with Gasteiger partial charge in [0.1, 0.15) is 11.2 Å². The van der Waals surface area contributed by atoms with Crippen LogP contribution >= 0.6 is 0 Å². The van der Waals surface area contributed by atoms with Gasteiger partial charge in [-0.1, -0.05) is 127 Å². The molecule has 3 heterocycles. The Kier molecular flexibility index (Phi) is 6.46. The average Bonchev–Trinajstić information content (AvgIpc) is 3.74. The van der Waals surface area contributed by atoms with E-state index in [1.807, 2.05) is 36.4 Å². The van der Waals surface area contributed by atoms with Crippen molar-refractivity contribution in [2.45, 2.75) is 0 Å². The molecule has 0 aliphatic rings. The molecule has 50 heavy (non-hydrogen) atoms. The van der Waals surface area contributed by atoms with Crippen LogP contribution in [0.4, 0.5) is 0 Å². The molecule has 234 valence electrons. The summed E-state index contributed by atoms with van der Waals surface area (Å²) in [5, 5.41) is 4.33. The Labute approximate surface area is 288 Å². The highest BCUT2D eigenvalue weighted by Crippen LogP contribution is 2.43. The topological polar surface area (TPSA) is 43.9 Å². The van der Waals surface area contributed by atoms with E-state index < -0.39 is 0 Å². The molecule has 0 aliphatic carbocycles. The summed E-state index contributed by atoms with van der Waals surface area (Å²) >= 11 is 0. The first-order valence-corrected chi connectivity index (χ1v) is 16.8. The van der Waals surface area contributed by atoms with Gasteiger partial charge in [0.2, 0.25) is 0 Å². The molecule has 0 aliphatic heterocycles. The van der Waals surface area contributed by atoms with Crippen LogP contribution in [0.25, 0.3) is 94.5 Å². The predicted molar refractivity (Wildman–Crippen MR) is 205 cm³/mol. The summed E-state index contributed by atoms with van der Waals surface area (Å²) in [6.07, 6.45) is 0. The van der Waals surface area contributed by atoms with Gasteiger partial charge in [-0.25, -0.2) is 9.97 Å². The van der Waals surface area contributed by atoms with Crippen molar-refractivity contribution >= 4 is 43.7 Å². The van der Waals surface area contributed by atoms with Crippen LogP contribution in [0.3, 0.4) is 0 Å². The first kappa shape index (κ1) is 28.3. The monoisotopic (exact) mass is 639 g/mol. The van der Waals surface area contributed by atoms with E-state index in [1.54, 1.807) is 0 Å². The molecule has 0 atom stereocenters. The molecule has 10 rings (SSSR count). The predicted octanol–water partition coefficient (Wildman–Crippen LogP) is 12.1. The summed E-state index contributed by atoms with van der Waals surface area (Å²) in [5.74, 6) is 0.629. The lowest BCUT2D eigenvalue weighted by Crippen LogP contribution is -1.96. The summed E-state index contributed by atoms with van der Waals surface area (Å²) in [5.41, 5.74) is 12.0. The number of para-hydroxylation sites is 2. The van der Waals surface area contributed by atoms with Gasteiger partial charge in [0.05, 0.1) is 33.4 Å². The van der Waals surface area contributed by atoms with Gasteiger partial charge in [0.25, 0.3) is 0 Å². The van der Waals surface area contributed by atoms with E-state index in [-0.39, 0.29) is 0 Å². The quantitative estimate of drug-likeness (QED) is 0.188. The van der Waals surface area contributed by atoms with Crippen molar-refractivity contribution in [3.05, 3.63) is 176 Å². The molecule has 0 bridgehead atoms. The molecule has 0 unspecified atom stereocenters. The van der Waals surface area contributed by atoms with Gasteiger partial charge in [-0.2, -0.15) is 0 Å². The molecule has 0 amide bonds. The lowest BCUT2D eigenvalue weighted by Gasteiger charge is -2.09. The lowest BCUT2D eigenvalue weighted by atomic mass is 10.0. The van der Waals surface area contributed by atoms with Crippen LogP contribution in [-0.4, -0.2) is 14.5 Å². The number of fused-ring (bicyclic) bond motifs is 7. The SMILES string of the molecule is c1ccc(-c2ccc3c(c2)c2c4oc5c(-c6nc(-c7ccccc7)cc(-c7ccccc7)n6)cccc5c4ccc2n3-c2ccccc2)cc1. The summed E-state index contributed by atoms with van der Waals surface area (Å²) < 4.78 is 9.39. The van der Waals surface area contributed by atoms with Crippen LogP contribution in [0, 0.1) is 0 Å². The highest BCUT2D eigenvalue weighted by Gasteiger charge is 2.22. The maximum absolute atomic E-state index is 7.05. The molecule has 0 radical (unpaired) electrons. The molecule has 4 heteroatoms. The maximum atomic E-state index is 7.05. The first-order valence-electron chi connectivity index (χ1n) is 16.8. The first-order chi connectivity index (χ1) is 24.8. The standard InChI is InChI=1S/C46H29N3O/c1-5-14-30(15-6-1)33-24-26-41-38(28-33)43-42(49(41)34-20-11-4-12-21-34)27-25-36-35-22-13-23-37(44(35)50-45(36)43)46-47-39(31-16-7-2-8-17-31)29-40(48-46)32-18-9-3-10-19-32/h1-29H. The van der Waals surface area contributed by atoms with Gasteiger partial charge >= 0.3 is 0 Å². The molecular weight excluding hydrogens is 611 g/mol. The van der Waals surface area contributed by atoms with Crippen molar-refractivity contribution < 1.29 is 4.42 Å². The second kappa shape index (κ2) is 11.4. The summed E-state index contributed by atoms with van der Waals surface area (Å²) in [7, 11) is 0. The van der Waals surface area contributed by atoms with E-state index in [4.69, 9.17) is 14.4 Å². The van der Waals surface area contributed by atoms with Crippen LogP contribution in [0.15, 0.2) is 180 Å². The van der Waals surface area contributed by atoms with Crippen molar-refractivity contribution in [2.24, 2.45) is 0 Å². The molecule has 7 aromatic carbocycles. The third kappa shape index (κ3) is 4.54. The molecule has 0 fully saturated rings. The smallest absolute Gasteiger partial charge is 0.164 e. The van der Waals surface area contributed by atoms with E-state index in [0.29, 0.717) is 5.82 Å². The zero-order valence-corrected chi connectivity index (χ0v) is 27.0. The summed E-state index contributed by atoms with van der Waals surface area (Å²) in [6, 6.07) is 61.2. The largest absolute Gasteiger partial charge is 0.455 e. The van der Waals surface area contributed by atoms with E-state index in [0.717, 1.165) is 77.5 Å². The minimum atomic E-state index is 0.629. The fourth-order valence-electron chi connectivity index (χ4n) is 7.28. The zero-order chi connectivity index (χ0) is 33.0. The van der Waals surface area contributed by atoms with Gasteiger partial charge in [0, 0.05) is 33.0 Å². The number of nitrogens with zero attached hydrogens (tertiary/aromatic N) is 3. The lowest BCUT2D eigenvalue weighted by molar-refractivity contribution is 0.673. The number of furan rings is 1. The van der Waals surface area contributed by atoms with Crippen LogP contribution in [0.1, 0.15) is 0 Å². The fraction of sp³-hybridized carbons (Fsp3) is 0. The fourth-order valence-corrected chi connectivity index (χ4v) is 7.28. The van der Waals surface area contributed by atoms with Crippen LogP contribution < -0.4 is 0 Å². The van der Waals surface area contributed by atoms with Gasteiger partial charge in [-0.05, 0) is 59.7 Å². The molecule has 0 saturated heterocycles. The minimum Gasteiger partial charge on any atom is -0.455 e. The van der Waals surface area contributed by atoms with Crippen molar-refractivity contribution in [1.29, 1.82) is 0 Å². The number of hydrogen-bond acceptors (Lipinski definition) is 3. The Morgan fingerprint density at radius 1 is 0.400 bits per heavy atom. The van der Waals surface area contributed by atoms with Gasteiger partial charge in [-0.15, -0.1) is 0 Å². The molecule has 4 nitrogen and oxygen atoms in total. The number of aromatic nitrogens is 3. The molecular formula is C46H29N3O. The van der Waals surface area contributed by atoms with Crippen LogP contribution in [0.2, 0.25) is 0 Å². The molecule has 10 aromatic rings.